The molecule has 0 saturated heterocycles. The number of rotatable bonds is 4. The molecule has 0 saturated carbocycles. The van der Waals surface area contributed by atoms with Crippen LogP contribution in [-0.4, -0.2) is 11.9 Å². The lowest BCUT2D eigenvalue weighted by Crippen LogP contribution is -2.37. The highest BCUT2D eigenvalue weighted by Gasteiger charge is 2.17. The van der Waals surface area contributed by atoms with Crippen LogP contribution in [0.5, 0.6) is 0 Å². The first-order chi connectivity index (χ1) is 10.1. The number of nitrogens with two attached hydrogens (primary N) is 1. The molecule has 0 aliphatic heterocycles. The SMILES string of the molecule is N#Cc1c(F)cccc1NC(=O)[C@@H](N)Cc1ccccc1. The predicted molar refractivity (Wildman–Crippen MR) is 77.9 cm³/mol. The van der Waals surface area contributed by atoms with Crippen LogP contribution in [0, 0.1) is 17.1 Å². The minimum absolute atomic E-state index is 0.131. The largest absolute Gasteiger partial charge is 0.323 e. The average Bonchev–Trinajstić information content (AvgIpc) is 2.48. The maximum Gasteiger partial charge on any atom is 0.241 e. The van der Waals surface area contributed by atoms with Gasteiger partial charge in [-0.3, -0.25) is 4.79 Å². The van der Waals surface area contributed by atoms with E-state index >= 15 is 0 Å². The quantitative estimate of drug-likeness (QED) is 0.902. The number of carbonyl (C=O) groups excluding carboxylic acids is 1. The zero-order valence-corrected chi connectivity index (χ0v) is 11.2. The summed E-state index contributed by atoms with van der Waals surface area (Å²) in [5, 5.41) is 11.4. The number of benzene rings is 2. The number of hydrogen-bond acceptors (Lipinski definition) is 3. The van der Waals surface area contributed by atoms with Crippen LogP contribution >= 0.6 is 0 Å². The highest BCUT2D eigenvalue weighted by Crippen LogP contribution is 2.18. The van der Waals surface area contributed by atoms with E-state index in [9.17, 15) is 9.18 Å². The van der Waals surface area contributed by atoms with Gasteiger partial charge < -0.3 is 11.1 Å². The smallest absolute Gasteiger partial charge is 0.241 e. The predicted octanol–water partition coefficient (Wildman–Crippen LogP) is 2.21. The molecular formula is C16H14FN3O. The standard InChI is InChI=1S/C16H14FN3O/c17-13-7-4-8-15(12(13)10-18)20-16(21)14(19)9-11-5-2-1-3-6-11/h1-8,14H,9,19H2,(H,20,21)/t14-/m0/s1. The van der Waals surface area contributed by atoms with Gasteiger partial charge in [-0.25, -0.2) is 4.39 Å². The summed E-state index contributed by atoms with van der Waals surface area (Å²) in [4.78, 5) is 12.0. The Hall–Kier alpha value is -2.71. The Kier molecular flexibility index (Phi) is 4.64. The summed E-state index contributed by atoms with van der Waals surface area (Å²) in [7, 11) is 0. The van der Waals surface area contributed by atoms with Crippen molar-refractivity contribution in [2.24, 2.45) is 5.73 Å². The van der Waals surface area contributed by atoms with Crippen LogP contribution in [0.2, 0.25) is 0 Å². The lowest BCUT2D eigenvalue weighted by Gasteiger charge is -2.13. The highest BCUT2D eigenvalue weighted by atomic mass is 19.1. The van der Waals surface area contributed by atoms with E-state index in [1.165, 1.54) is 12.1 Å². The molecule has 106 valence electrons. The molecule has 2 rings (SSSR count). The van der Waals surface area contributed by atoms with Crippen molar-refractivity contribution in [3.8, 4) is 6.07 Å². The van der Waals surface area contributed by atoms with Gasteiger partial charge in [-0.2, -0.15) is 5.26 Å². The summed E-state index contributed by atoms with van der Waals surface area (Å²) in [6, 6.07) is 14.3. The third-order valence-corrected chi connectivity index (χ3v) is 3.02. The maximum atomic E-state index is 13.4. The summed E-state index contributed by atoms with van der Waals surface area (Å²) < 4.78 is 13.4. The third-order valence-electron chi connectivity index (χ3n) is 3.02. The Morgan fingerprint density at radius 2 is 1.95 bits per heavy atom. The van der Waals surface area contributed by atoms with Gasteiger partial charge in [-0.05, 0) is 24.1 Å². The van der Waals surface area contributed by atoms with E-state index in [0.29, 0.717) is 6.42 Å². The average molecular weight is 283 g/mol. The van der Waals surface area contributed by atoms with E-state index in [4.69, 9.17) is 11.0 Å². The molecule has 0 fully saturated rings. The normalized spacial score (nSPS) is 11.5. The molecule has 0 unspecified atom stereocenters. The van der Waals surface area contributed by atoms with Gasteiger partial charge >= 0.3 is 0 Å². The van der Waals surface area contributed by atoms with Gasteiger partial charge in [0.25, 0.3) is 0 Å². The fraction of sp³-hybridized carbons (Fsp3) is 0.125. The fourth-order valence-corrected chi connectivity index (χ4v) is 1.93. The second-order valence-corrected chi connectivity index (χ2v) is 4.56. The topological polar surface area (TPSA) is 78.9 Å². The lowest BCUT2D eigenvalue weighted by molar-refractivity contribution is -0.117. The summed E-state index contributed by atoms with van der Waals surface area (Å²) >= 11 is 0. The third kappa shape index (κ3) is 3.65. The molecule has 0 aliphatic rings. The molecule has 0 bridgehead atoms. The van der Waals surface area contributed by atoms with Gasteiger partial charge in [-0.15, -0.1) is 0 Å². The minimum Gasteiger partial charge on any atom is -0.323 e. The molecule has 1 atom stereocenters. The van der Waals surface area contributed by atoms with Crippen molar-refractivity contribution in [1.29, 1.82) is 5.26 Å². The lowest BCUT2D eigenvalue weighted by atomic mass is 10.1. The molecule has 0 spiro atoms. The zero-order chi connectivity index (χ0) is 15.2. The van der Waals surface area contributed by atoms with Gasteiger partial charge in [0.2, 0.25) is 5.91 Å². The van der Waals surface area contributed by atoms with Gasteiger partial charge in [-0.1, -0.05) is 36.4 Å². The van der Waals surface area contributed by atoms with Crippen molar-refractivity contribution in [1.82, 2.24) is 0 Å². The summed E-state index contributed by atoms with van der Waals surface area (Å²) in [6.07, 6.45) is 0.365. The Bertz CT molecular complexity index is 680. The molecule has 2 aromatic carbocycles. The molecule has 2 aromatic rings. The number of anilines is 1. The Morgan fingerprint density at radius 1 is 1.24 bits per heavy atom. The maximum absolute atomic E-state index is 13.4. The number of nitrogens with zero attached hydrogens (tertiary/aromatic N) is 1. The highest BCUT2D eigenvalue weighted by molar-refractivity contribution is 5.96. The van der Waals surface area contributed by atoms with Crippen LogP contribution in [0.15, 0.2) is 48.5 Å². The molecule has 21 heavy (non-hydrogen) atoms. The molecule has 4 nitrogen and oxygen atoms in total. The number of nitriles is 1. The summed E-state index contributed by atoms with van der Waals surface area (Å²) in [5.74, 6) is -1.13. The van der Waals surface area contributed by atoms with E-state index in [1.807, 2.05) is 30.3 Å². The Labute approximate surface area is 122 Å². The first-order valence-corrected chi connectivity index (χ1v) is 6.41. The van der Waals surface area contributed by atoms with Gasteiger partial charge in [0.15, 0.2) is 0 Å². The van der Waals surface area contributed by atoms with Crippen molar-refractivity contribution in [3.05, 3.63) is 65.5 Å². The van der Waals surface area contributed by atoms with E-state index in [-0.39, 0.29) is 11.3 Å². The monoisotopic (exact) mass is 283 g/mol. The second kappa shape index (κ2) is 6.64. The van der Waals surface area contributed by atoms with E-state index in [0.717, 1.165) is 11.6 Å². The van der Waals surface area contributed by atoms with Crippen molar-refractivity contribution in [2.75, 3.05) is 5.32 Å². The molecule has 0 radical (unpaired) electrons. The molecule has 0 heterocycles. The van der Waals surface area contributed by atoms with Crippen LogP contribution in [0.25, 0.3) is 0 Å². The molecule has 1 amide bonds. The van der Waals surface area contributed by atoms with Crippen molar-refractivity contribution >= 4 is 11.6 Å². The first kappa shape index (κ1) is 14.7. The minimum atomic E-state index is -0.776. The van der Waals surface area contributed by atoms with Crippen molar-refractivity contribution in [3.63, 3.8) is 0 Å². The van der Waals surface area contributed by atoms with Gasteiger partial charge in [0.05, 0.1) is 11.7 Å². The van der Waals surface area contributed by atoms with Crippen molar-refractivity contribution in [2.45, 2.75) is 12.5 Å². The van der Waals surface area contributed by atoms with Gasteiger partial charge in [0.1, 0.15) is 17.4 Å². The van der Waals surface area contributed by atoms with Crippen LogP contribution in [0.4, 0.5) is 10.1 Å². The van der Waals surface area contributed by atoms with E-state index in [1.54, 1.807) is 6.07 Å². The van der Waals surface area contributed by atoms with E-state index < -0.39 is 17.8 Å². The van der Waals surface area contributed by atoms with Crippen LogP contribution in [0.1, 0.15) is 11.1 Å². The van der Waals surface area contributed by atoms with Crippen molar-refractivity contribution < 1.29 is 9.18 Å². The molecule has 0 aliphatic carbocycles. The Morgan fingerprint density at radius 3 is 2.62 bits per heavy atom. The van der Waals surface area contributed by atoms with Crippen LogP contribution < -0.4 is 11.1 Å². The number of hydrogen-bond donors (Lipinski definition) is 2. The number of halogens is 1. The zero-order valence-electron chi connectivity index (χ0n) is 11.2. The number of carbonyl (C=O) groups is 1. The first-order valence-electron chi connectivity index (χ1n) is 6.41. The molecular weight excluding hydrogens is 269 g/mol. The van der Waals surface area contributed by atoms with Crippen LogP contribution in [-0.2, 0) is 11.2 Å². The second-order valence-electron chi connectivity index (χ2n) is 4.56. The molecule has 5 heteroatoms. The summed E-state index contributed by atoms with van der Waals surface area (Å²) in [5.41, 5.74) is 6.70. The van der Waals surface area contributed by atoms with Gasteiger partial charge in [0, 0.05) is 0 Å². The number of amides is 1. The van der Waals surface area contributed by atoms with Crippen LogP contribution in [0.3, 0.4) is 0 Å². The van der Waals surface area contributed by atoms with E-state index in [2.05, 4.69) is 5.32 Å². The molecule has 3 N–H and O–H groups in total. The fourth-order valence-electron chi connectivity index (χ4n) is 1.93. The summed E-state index contributed by atoms with van der Waals surface area (Å²) in [6.45, 7) is 0. The Balaban J connectivity index is 2.08. The molecule has 0 aromatic heterocycles. The number of nitrogens with one attached hydrogen (secondary N) is 1.